The third-order valence-electron chi connectivity index (χ3n) is 4.72. The normalized spacial score (nSPS) is 12.0. The van der Waals surface area contributed by atoms with E-state index in [2.05, 4.69) is 16.0 Å². The van der Waals surface area contributed by atoms with Crippen molar-refractivity contribution in [3.8, 4) is 0 Å². The van der Waals surface area contributed by atoms with Gasteiger partial charge in [-0.15, -0.1) is 0 Å². The maximum Gasteiger partial charge on any atom is 0.339 e. The number of ether oxygens (including phenoxy) is 1. The van der Waals surface area contributed by atoms with Crippen molar-refractivity contribution >= 4 is 80.5 Å². The maximum absolute atomic E-state index is 12.8. The fraction of sp³-hybridized carbons (Fsp3) is 0.174. The molecule has 0 radical (unpaired) electrons. The lowest BCUT2D eigenvalue weighted by molar-refractivity contribution is -0.121. The van der Waals surface area contributed by atoms with Crippen LogP contribution in [0.25, 0.3) is 10.8 Å². The van der Waals surface area contributed by atoms with E-state index in [4.69, 9.17) is 51.8 Å². The maximum atomic E-state index is 12.8. The number of hydrogen-bond donors (Lipinski definition) is 3. The summed E-state index contributed by atoms with van der Waals surface area (Å²) in [5.41, 5.74) is 1.50. The fourth-order valence-corrected chi connectivity index (χ4v) is 3.76. The lowest BCUT2D eigenvalue weighted by Crippen LogP contribution is -2.56. The Hall–Kier alpha value is -2.58. The molecule has 0 spiro atoms. The van der Waals surface area contributed by atoms with E-state index in [1.165, 1.54) is 7.11 Å². The van der Waals surface area contributed by atoms with Crippen LogP contribution in [0.15, 0.2) is 66.7 Å². The van der Waals surface area contributed by atoms with Crippen molar-refractivity contribution in [1.29, 1.82) is 0 Å². The molecule has 0 saturated heterocycles. The average Bonchev–Trinajstić information content (AvgIpc) is 2.78. The van der Waals surface area contributed by atoms with E-state index in [0.29, 0.717) is 5.69 Å². The number of carbonyl (C=O) groups excluding carboxylic acids is 2. The summed E-state index contributed by atoms with van der Waals surface area (Å²) in [4.78, 5) is 24.7. The van der Waals surface area contributed by atoms with Gasteiger partial charge in [0.15, 0.2) is 5.11 Å². The standard InChI is InChI=1S/C23H20Cl3N3O3S/c1-32-20(31)17-11-4-5-12-18(17)27-22(33)29-21(23(24,25)26)28-19(30)13-15-9-6-8-14-7-2-3-10-16(14)15/h2-12,21H,13H2,1H3,(H,28,30)(H2,27,29,33). The Kier molecular flexibility index (Phi) is 8.37. The van der Waals surface area contributed by atoms with Gasteiger partial charge in [-0.2, -0.15) is 0 Å². The Morgan fingerprint density at radius 1 is 0.970 bits per heavy atom. The van der Waals surface area contributed by atoms with Crippen LogP contribution in [0.3, 0.4) is 0 Å². The molecular weight excluding hydrogens is 505 g/mol. The van der Waals surface area contributed by atoms with Crippen LogP contribution in [0.4, 0.5) is 5.69 Å². The molecule has 3 N–H and O–H groups in total. The third kappa shape index (κ3) is 6.71. The summed E-state index contributed by atoms with van der Waals surface area (Å²) >= 11 is 23.6. The zero-order valence-corrected chi connectivity index (χ0v) is 20.5. The average molecular weight is 525 g/mol. The second-order valence-corrected chi connectivity index (χ2v) is 9.77. The van der Waals surface area contributed by atoms with Gasteiger partial charge >= 0.3 is 5.97 Å². The van der Waals surface area contributed by atoms with Crippen molar-refractivity contribution in [3.05, 3.63) is 77.9 Å². The first-order valence-corrected chi connectivity index (χ1v) is 11.3. The van der Waals surface area contributed by atoms with Crippen LogP contribution in [0.5, 0.6) is 0 Å². The first-order chi connectivity index (χ1) is 15.7. The molecule has 0 saturated carbocycles. The van der Waals surface area contributed by atoms with Crippen LogP contribution in [0.2, 0.25) is 0 Å². The Morgan fingerprint density at radius 2 is 1.64 bits per heavy atom. The molecule has 0 fully saturated rings. The Morgan fingerprint density at radius 3 is 2.36 bits per heavy atom. The van der Waals surface area contributed by atoms with Gasteiger partial charge in [-0.3, -0.25) is 4.79 Å². The molecule has 0 aromatic heterocycles. The van der Waals surface area contributed by atoms with Gasteiger partial charge in [0.05, 0.1) is 24.8 Å². The van der Waals surface area contributed by atoms with Crippen LogP contribution in [-0.2, 0) is 16.0 Å². The summed E-state index contributed by atoms with van der Waals surface area (Å²) in [5, 5.41) is 10.3. The highest BCUT2D eigenvalue weighted by molar-refractivity contribution is 7.80. The molecule has 3 aromatic carbocycles. The predicted molar refractivity (Wildman–Crippen MR) is 137 cm³/mol. The molecule has 3 aromatic rings. The number of esters is 1. The second-order valence-electron chi connectivity index (χ2n) is 6.99. The van der Waals surface area contributed by atoms with Gasteiger partial charge < -0.3 is 20.7 Å². The fourth-order valence-electron chi connectivity index (χ4n) is 3.20. The summed E-state index contributed by atoms with van der Waals surface area (Å²) in [7, 11) is 1.28. The highest BCUT2D eigenvalue weighted by Crippen LogP contribution is 2.29. The summed E-state index contributed by atoms with van der Waals surface area (Å²) < 4.78 is 2.86. The van der Waals surface area contributed by atoms with Crippen LogP contribution in [0, 0.1) is 0 Å². The first kappa shape index (κ1) is 25.1. The van der Waals surface area contributed by atoms with Gasteiger partial charge in [0, 0.05) is 0 Å². The van der Waals surface area contributed by atoms with Gasteiger partial charge in [0.1, 0.15) is 6.17 Å². The molecule has 10 heteroatoms. The Balaban J connectivity index is 1.71. The van der Waals surface area contributed by atoms with Gasteiger partial charge in [-0.25, -0.2) is 4.79 Å². The number of halogens is 3. The minimum atomic E-state index is -1.91. The molecule has 172 valence electrons. The number of fused-ring (bicyclic) bond motifs is 1. The minimum absolute atomic E-state index is 0.0353. The van der Waals surface area contributed by atoms with Crippen molar-refractivity contribution in [2.75, 3.05) is 12.4 Å². The summed E-state index contributed by atoms with van der Waals surface area (Å²) in [6.07, 6.45) is -1.07. The van der Waals surface area contributed by atoms with Crippen LogP contribution >= 0.6 is 47.0 Å². The van der Waals surface area contributed by atoms with Crippen LogP contribution < -0.4 is 16.0 Å². The molecule has 6 nitrogen and oxygen atoms in total. The number of anilines is 1. The number of benzene rings is 3. The molecule has 33 heavy (non-hydrogen) atoms. The third-order valence-corrected chi connectivity index (χ3v) is 5.59. The molecule has 1 atom stereocenters. The number of para-hydroxylation sites is 1. The lowest BCUT2D eigenvalue weighted by atomic mass is 10.0. The SMILES string of the molecule is COC(=O)c1ccccc1NC(=S)NC(NC(=O)Cc1cccc2ccccc12)C(Cl)(Cl)Cl. The number of carbonyl (C=O) groups is 2. The highest BCUT2D eigenvalue weighted by Gasteiger charge is 2.34. The van der Waals surface area contributed by atoms with Crippen molar-refractivity contribution in [2.24, 2.45) is 0 Å². The van der Waals surface area contributed by atoms with Gasteiger partial charge in [-0.05, 0) is 40.7 Å². The van der Waals surface area contributed by atoms with Crippen molar-refractivity contribution in [3.63, 3.8) is 0 Å². The van der Waals surface area contributed by atoms with E-state index in [9.17, 15) is 9.59 Å². The number of alkyl halides is 3. The summed E-state index contributed by atoms with van der Waals surface area (Å²) in [6.45, 7) is 0. The zero-order valence-electron chi connectivity index (χ0n) is 17.4. The molecular formula is C23H20Cl3N3O3S. The molecule has 0 aliphatic heterocycles. The molecule has 0 aliphatic carbocycles. The highest BCUT2D eigenvalue weighted by atomic mass is 35.6. The van der Waals surface area contributed by atoms with E-state index in [0.717, 1.165) is 16.3 Å². The minimum Gasteiger partial charge on any atom is -0.465 e. The van der Waals surface area contributed by atoms with Gasteiger partial charge in [0.2, 0.25) is 9.70 Å². The Bertz CT molecular complexity index is 1180. The van der Waals surface area contributed by atoms with E-state index < -0.39 is 15.9 Å². The molecule has 0 aliphatic rings. The number of rotatable bonds is 6. The van der Waals surface area contributed by atoms with Crippen molar-refractivity contribution in [2.45, 2.75) is 16.4 Å². The van der Waals surface area contributed by atoms with E-state index in [1.807, 2.05) is 42.5 Å². The molecule has 0 bridgehead atoms. The number of amides is 1. The van der Waals surface area contributed by atoms with Crippen LogP contribution in [0.1, 0.15) is 15.9 Å². The van der Waals surface area contributed by atoms with Gasteiger partial charge in [0.25, 0.3) is 0 Å². The smallest absolute Gasteiger partial charge is 0.339 e. The number of thiocarbonyl (C=S) groups is 1. The molecule has 1 amide bonds. The monoisotopic (exact) mass is 523 g/mol. The molecule has 3 rings (SSSR count). The van der Waals surface area contributed by atoms with E-state index in [1.54, 1.807) is 24.3 Å². The van der Waals surface area contributed by atoms with E-state index in [-0.39, 0.29) is 23.0 Å². The molecule has 1 unspecified atom stereocenters. The van der Waals surface area contributed by atoms with Crippen LogP contribution in [-0.4, -0.2) is 34.1 Å². The quantitative estimate of drug-likeness (QED) is 0.183. The number of nitrogens with one attached hydrogen (secondary N) is 3. The lowest BCUT2D eigenvalue weighted by Gasteiger charge is -2.28. The van der Waals surface area contributed by atoms with Crippen molar-refractivity contribution < 1.29 is 14.3 Å². The Labute approximate surface area is 211 Å². The first-order valence-electron chi connectivity index (χ1n) is 9.76. The van der Waals surface area contributed by atoms with E-state index >= 15 is 0 Å². The largest absolute Gasteiger partial charge is 0.465 e. The molecule has 0 heterocycles. The second kappa shape index (κ2) is 11.0. The summed E-state index contributed by atoms with van der Waals surface area (Å²) in [6, 6.07) is 20.1. The zero-order chi connectivity index (χ0) is 24.0. The van der Waals surface area contributed by atoms with Crippen molar-refractivity contribution in [1.82, 2.24) is 10.6 Å². The number of hydrogen-bond acceptors (Lipinski definition) is 4. The summed E-state index contributed by atoms with van der Waals surface area (Å²) in [5.74, 6) is -0.907. The predicted octanol–water partition coefficient (Wildman–Crippen LogP) is 4.97. The van der Waals surface area contributed by atoms with Gasteiger partial charge in [-0.1, -0.05) is 89.4 Å². The topological polar surface area (TPSA) is 79.5 Å². The number of methoxy groups -OCH3 is 1.